The summed E-state index contributed by atoms with van der Waals surface area (Å²) in [6.07, 6.45) is -0.116. The molecule has 0 aromatic heterocycles. The molecule has 0 spiro atoms. The van der Waals surface area contributed by atoms with Crippen LogP contribution in [0.3, 0.4) is 0 Å². The number of methoxy groups -OCH3 is 2. The van der Waals surface area contributed by atoms with E-state index in [0.29, 0.717) is 0 Å². The van der Waals surface area contributed by atoms with Gasteiger partial charge >= 0.3 is 0 Å². The molecule has 2 fully saturated rings. The molecular weight excluding hydrogens is 361 g/mol. The molecule has 9 heteroatoms. The average Bonchev–Trinajstić information content (AvgIpc) is 2.85. The molecule has 3 atom stereocenters. The van der Waals surface area contributed by atoms with E-state index < -0.39 is 37.9 Å². The fraction of sp³-hybridized carbons (Fsp3) is 0.467. The van der Waals surface area contributed by atoms with E-state index in [1.165, 1.54) is 32.4 Å². The number of benzene rings is 1. The number of alkyl halides is 2. The summed E-state index contributed by atoms with van der Waals surface area (Å²) in [5.41, 5.74) is -0.00366. The Kier molecular flexibility index (Phi) is 3.76. The summed E-state index contributed by atoms with van der Waals surface area (Å²) in [6.45, 7) is 0. The zero-order chi connectivity index (χ0) is 17.9. The summed E-state index contributed by atoms with van der Waals surface area (Å²) >= 11 is 13.1. The number of nitrogens with zero attached hydrogens (tertiary/aromatic N) is 1. The van der Waals surface area contributed by atoms with Gasteiger partial charge in [-0.3, -0.25) is 19.7 Å². The Balaban J connectivity index is 2.27. The molecule has 1 aromatic carbocycles. The number of carbonyl (C=O) groups is 2. The highest BCUT2D eigenvalue weighted by atomic mass is 35.5. The molecule has 3 rings (SSSR count). The predicted molar refractivity (Wildman–Crippen MR) is 84.4 cm³/mol. The third-order valence-electron chi connectivity index (χ3n) is 4.95. The van der Waals surface area contributed by atoms with Crippen LogP contribution in [0.5, 0.6) is 0 Å². The zero-order valence-electron chi connectivity index (χ0n) is 12.7. The highest BCUT2D eigenvalue weighted by Crippen LogP contribution is 2.68. The van der Waals surface area contributed by atoms with E-state index in [1.54, 1.807) is 6.07 Å². The van der Waals surface area contributed by atoms with Gasteiger partial charge in [-0.1, -0.05) is 18.2 Å². The van der Waals surface area contributed by atoms with E-state index in [-0.39, 0.29) is 17.7 Å². The first-order chi connectivity index (χ1) is 11.2. The lowest BCUT2D eigenvalue weighted by Crippen LogP contribution is -2.56. The van der Waals surface area contributed by atoms with Crippen LogP contribution >= 0.6 is 23.2 Å². The van der Waals surface area contributed by atoms with E-state index in [2.05, 4.69) is 0 Å². The fourth-order valence-corrected chi connectivity index (χ4v) is 5.13. The van der Waals surface area contributed by atoms with Crippen LogP contribution in [0.1, 0.15) is 17.9 Å². The number of carbonyl (C=O) groups excluding carboxylic acids is 2. The van der Waals surface area contributed by atoms with Gasteiger partial charge in [-0.25, -0.2) is 0 Å². The van der Waals surface area contributed by atoms with Crippen molar-refractivity contribution in [2.45, 2.75) is 27.9 Å². The summed E-state index contributed by atoms with van der Waals surface area (Å²) in [5, 5.41) is 11.3. The Labute approximate surface area is 147 Å². The molecule has 7 nitrogen and oxygen atoms in total. The van der Waals surface area contributed by atoms with Gasteiger partial charge in [0.2, 0.25) is 17.4 Å². The predicted octanol–water partition coefficient (Wildman–Crippen LogP) is 2.18. The number of ether oxygens (including phenoxy) is 2. The molecule has 0 N–H and O–H groups in total. The van der Waals surface area contributed by atoms with E-state index in [1.807, 2.05) is 0 Å². The molecule has 0 aliphatic heterocycles. The van der Waals surface area contributed by atoms with Gasteiger partial charge in [-0.2, -0.15) is 0 Å². The van der Waals surface area contributed by atoms with Crippen molar-refractivity contribution in [1.82, 2.24) is 0 Å². The molecule has 0 heterocycles. The van der Waals surface area contributed by atoms with Crippen LogP contribution in [0.15, 0.2) is 24.3 Å². The van der Waals surface area contributed by atoms with Crippen molar-refractivity contribution in [3.8, 4) is 0 Å². The highest BCUT2D eigenvalue weighted by Gasteiger charge is 2.86. The monoisotopic (exact) mass is 373 g/mol. The quantitative estimate of drug-likeness (QED) is 0.264. The van der Waals surface area contributed by atoms with Gasteiger partial charge < -0.3 is 9.47 Å². The number of halogens is 2. The van der Waals surface area contributed by atoms with Crippen molar-refractivity contribution in [2.75, 3.05) is 14.2 Å². The molecule has 24 heavy (non-hydrogen) atoms. The Morgan fingerprint density at radius 3 is 2.25 bits per heavy atom. The topological polar surface area (TPSA) is 95.7 Å². The van der Waals surface area contributed by atoms with Gasteiger partial charge in [-0.05, 0) is 6.42 Å². The molecule has 0 radical (unpaired) electrons. The Bertz CT molecular complexity index is 764. The summed E-state index contributed by atoms with van der Waals surface area (Å²) in [5.74, 6) is -4.69. The van der Waals surface area contributed by atoms with Crippen molar-refractivity contribution in [3.05, 3.63) is 39.9 Å². The third-order valence-corrected chi connectivity index (χ3v) is 6.21. The first kappa shape index (κ1) is 17.3. The summed E-state index contributed by atoms with van der Waals surface area (Å²) in [4.78, 5) is 31.9. The Morgan fingerprint density at radius 2 is 1.75 bits per heavy atom. The van der Waals surface area contributed by atoms with Crippen LogP contribution in [0.4, 0.5) is 5.69 Å². The fourth-order valence-electron chi connectivity index (χ4n) is 3.95. The molecule has 2 bridgehead atoms. The second kappa shape index (κ2) is 5.23. The zero-order valence-corrected chi connectivity index (χ0v) is 14.3. The first-order valence-electron chi connectivity index (χ1n) is 7.02. The minimum atomic E-state index is -1.98. The molecular formula is C15H13Cl2NO6. The maximum atomic E-state index is 12.6. The number of hydrogen-bond acceptors (Lipinski definition) is 6. The largest absolute Gasteiger partial charge is 0.349 e. The number of para-hydroxylation sites is 1. The smallest absolute Gasteiger partial charge is 0.272 e. The molecule has 1 aromatic rings. The van der Waals surface area contributed by atoms with Crippen molar-refractivity contribution in [1.29, 1.82) is 0 Å². The lowest BCUT2D eigenvalue weighted by molar-refractivity contribution is -0.385. The number of ketones is 2. The summed E-state index contributed by atoms with van der Waals surface area (Å²) in [7, 11) is 2.46. The summed E-state index contributed by atoms with van der Waals surface area (Å²) in [6, 6.07) is 5.87. The van der Waals surface area contributed by atoms with Gasteiger partial charge in [0.05, 0.1) is 4.92 Å². The van der Waals surface area contributed by atoms with Crippen LogP contribution in [-0.2, 0) is 19.1 Å². The standard InChI is InChI=1S/C15H13Cl2NO6/c1-23-15(24-2)13(16)7-9(14(15,17)12(20)11(13)19)8-5-3-4-6-10(8)18(21)22/h3-6,9H,7H2,1-2H3/t9-,13-,14+/m1/s1. The molecule has 0 amide bonds. The van der Waals surface area contributed by atoms with Crippen LogP contribution in [0.25, 0.3) is 0 Å². The molecule has 0 saturated heterocycles. The average molecular weight is 374 g/mol. The van der Waals surface area contributed by atoms with Crippen LogP contribution in [0.2, 0.25) is 0 Å². The molecule has 2 aliphatic carbocycles. The van der Waals surface area contributed by atoms with E-state index in [0.717, 1.165) is 0 Å². The second-order valence-corrected chi connectivity index (χ2v) is 7.01. The van der Waals surface area contributed by atoms with Crippen molar-refractivity contribution < 1.29 is 24.0 Å². The minimum absolute atomic E-state index is 0.116. The normalized spacial score (nSPS) is 33.9. The van der Waals surface area contributed by atoms with E-state index in [4.69, 9.17) is 32.7 Å². The number of nitro benzene ring substituents is 1. The highest BCUT2D eigenvalue weighted by molar-refractivity contribution is 6.66. The molecule has 2 saturated carbocycles. The maximum Gasteiger partial charge on any atom is 0.272 e. The van der Waals surface area contributed by atoms with Crippen LogP contribution < -0.4 is 0 Å². The van der Waals surface area contributed by atoms with Crippen molar-refractivity contribution in [3.63, 3.8) is 0 Å². The molecule has 0 unspecified atom stereocenters. The first-order valence-corrected chi connectivity index (χ1v) is 7.77. The summed E-state index contributed by atoms with van der Waals surface area (Å²) < 4.78 is 10.7. The van der Waals surface area contributed by atoms with E-state index >= 15 is 0 Å². The van der Waals surface area contributed by atoms with Crippen molar-refractivity contribution >= 4 is 40.5 Å². The number of hydrogen-bond donors (Lipinski definition) is 0. The number of nitro groups is 1. The van der Waals surface area contributed by atoms with Gasteiger partial charge in [-0.15, -0.1) is 23.2 Å². The van der Waals surface area contributed by atoms with Crippen LogP contribution in [0, 0.1) is 10.1 Å². The second-order valence-electron chi connectivity index (χ2n) is 5.77. The lowest BCUT2D eigenvalue weighted by Gasteiger charge is -2.38. The number of fused-ring (bicyclic) bond motifs is 2. The number of rotatable bonds is 4. The third kappa shape index (κ3) is 1.65. The number of Topliss-reactive ketones (excluding diaryl/α,β-unsaturated/α-hetero) is 2. The molecule has 2 aliphatic rings. The van der Waals surface area contributed by atoms with E-state index in [9.17, 15) is 19.7 Å². The Morgan fingerprint density at radius 1 is 1.17 bits per heavy atom. The Hall–Kier alpha value is -1.54. The lowest BCUT2D eigenvalue weighted by atomic mass is 9.80. The van der Waals surface area contributed by atoms with Gasteiger partial charge in [0.25, 0.3) is 5.69 Å². The van der Waals surface area contributed by atoms with Gasteiger partial charge in [0, 0.05) is 31.8 Å². The van der Waals surface area contributed by atoms with Crippen molar-refractivity contribution in [2.24, 2.45) is 0 Å². The van der Waals surface area contributed by atoms with Gasteiger partial charge in [0.15, 0.2) is 9.75 Å². The maximum absolute atomic E-state index is 12.6. The van der Waals surface area contributed by atoms with Crippen LogP contribution in [-0.4, -0.2) is 46.2 Å². The minimum Gasteiger partial charge on any atom is -0.349 e. The molecule has 128 valence electrons. The SMILES string of the molecule is COC1(OC)[C@@]2(Cl)C[C@H](c3ccccc3[N+](=O)[O-])[C@]1(Cl)C(=O)C2=O. The van der Waals surface area contributed by atoms with Gasteiger partial charge in [0.1, 0.15) is 0 Å².